The lowest BCUT2D eigenvalue weighted by Crippen LogP contribution is -2.44. The van der Waals surface area contributed by atoms with Crippen LogP contribution in [0.1, 0.15) is 12.0 Å². The van der Waals surface area contributed by atoms with Crippen molar-refractivity contribution in [1.82, 2.24) is 20.5 Å². The summed E-state index contributed by atoms with van der Waals surface area (Å²) in [6, 6.07) is 10.8. The first-order chi connectivity index (χ1) is 14.8. The van der Waals surface area contributed by atoms with Gasteiger partial charge in [-0.25, -0.2) is 4.98 Å². The van der Waals surface area contributed by atoms with Crippen molar-refractivity contribution in [2.45, 2.75) is 25.2 Å². The van der Waals surface area contributed by atoms with Crippen LogP contribution in [0.4, 0.5) is 13.2 Å². The number of benzene rings is 1. The lowest BCUT2D eigenvalue weighted by atomic mass is 10.2. The van der Waals surface area contributed by atoms with Crippen LogP contribution < -0.4 is 20.1 Å². The smallest absolute Gasteiger partial charge is 0.401 e. The molecule has 2 aromatic rings. The Morgan fingerprint density at radius 1 is 1.19 bits per heavy atom. The number of aromatic nitrogens is 1. The summed E-state index contributed by atoms with van der Waals surface area (Å²) in [6.45, 7) is 0.329. The molecule has 1 aromatic heterocycles. The van der Waals surface area contributed by atoms with Crippen LogP contribution in [0.2, 0.25) is 0 Å². The molecular weight excluding hydrogens is 411 g/mol. The van der Waals surface area contributed by atoms with Crippen molar-refractivity contribution < 1.29 is 22.6 Å². The molecule has 1 atom stereocenters. The van der Waals surface area contributed by atoms with Crippen LogP contribution in [0.15, 0.2) is 47.6 Å². The normalized spacial score (nSPS) is 17.5. The zero-order chi connectivity index (χ0) is 22.3. The second-order valence-electron chi connectivity index (χ2n) is 7.19. The molecule has 0 radical (unpaired) electrons. The van der Waals surface area contributed by atoms with Crippen LogP contribution in [-0.4, -0.2) is 61.9 Å². The minimum atomic E-state index is -4.18. The molecule has 1 fully saturated rings. The number of methoxy groups -OCH3 is 1. The van der Waals surface area contributed by atoms with Gasteiger partial charge < -0.3 is 20.1 Å². The van der Waals surface area contributed by atoms with Crippen LogP contribution in [0, 0.1) is 0 Å². The van der Waals surface area contributed by atoms with Gasteiger partial charge in [0.25, 0.3) is 0 Å². The van der Waals surface area contributed by atoms with E-state index in [0.29, 0.717) is 43.6 Å². The molecule has 10 heteroatoms. The summed E-state index contributed by atoms with van der Waals surface area (Å²) in [4.78, 5) is 9.85. The van der Waals surface area contributed by atoms with Crippen molar-refractivity contribution in [1.29, 1.82) is 0 Å². The fraction of sp³-hybridized carbons (Fsp3) is 0.429. The molecule has 1 aliphatic heterocycles. The van der Waals surface area contributed by atoms with Gasteiger partial charge in [-0.2, -0.15) is 13.2 Å². The number of guanidine groups is 1. The Labute approximate surface area is 179 Å². The Hall–Kier alpha value is -3.01. The minimum Gasteiger partial charge on any atom is -0.497 e. The van der Waals surface area contributed by atoms with Crippen LogP contribution >= 0.6 is 0 Å². The summed E-state index contributed by atoms with van der Waals surface area (Å²) < 4.78 is 48.4. The number of hydrogen-bond donors (Lipinski definition) is 2. The maximum atomic E-state index is 12.5. The summed E-state index contributed by atoms with van der Waals surface area (Å²) in [5.74, 6) is 2.40. The van der Waals surface area contributed by atoms with Crippen molar-refractivity contribution in [3.8, 4) is 17.4 Å². The van der Waals surface area contributed by atoms with E-state index in [2.05, 4.69) is 20.6 Å². The quantitative estimate of drug-likeness (QED) is 0.512. The summed E-state index contributed by atoms with van der Waals surface area (Å²) in [5, 5.41) is 6.34. The molecule has 168 valence electrons. The molecule has 0 spiro atoms. The molecule has 3 rings (SSSR count). The molecule has 1 saturated heterocycles. The zero-order valence-electron chi connectivity index (χ0n) is 17.4. The molecule has 0 bridgehead atoms. The summed E-state index contributed by atoms with van der Waals surface area (Å²) >= 11 is 0. The highest BCUT2D eigenvalue weighted by molar-refractivity contribution is 5.80. The first-order valence-electron chi connectivity index (χ1n) is 9.88. The largest absolute Gasteiger partial charge is 0.497 e. The van der Waals surface area contributed by atoms with E-state index in [1.54, 1.807) is 50.7 Å². The first kappa shape index (κ1) is 22.7. The predicted molar refractivity (Wildman–Crippen MR) is 112 cm³/mol. The monoisotopic (exact) mass is 437 g/mol. The summed E-state index contributed by atoms with van der Waals surface area (Å²) in [6.07, 6.45) is -1.85. The molecule has 1 unspecified atom stereocenters. The molecular formula is C21H26F3N5O2. The molecule has 31 heavy (non-hydrogen) atoms. The second-order valence-corrected chi connectivity index (χ2v) is 7.19. The number of aliphatic imine (C=N–C) groups is 1. The molecule has 0 amide bonds. The van der Waals surface area contributed by atoms with Crippen molar-refractivity contribution >= 4 is 5.96 Å². The number of nitrogens with zero attached hydrogens (tertiary/aromatic N) is 3. The lowest BCUT2D eigenvalue weighted by molar-refractivity contribution is -0.143. The number of halogens is 3. The Morgan fingerprint density at radius 2 is 1.94 bits per heavy atom. The number of likely N-dealkylation sites (tertiary alicyclic amines) is 1. The van der Waals surface area contributed by atoms with Crippen molar-refractivity contribution in [3.63, 3.8) is 0 Å². The highest BCUT2D eigenvalue weighted by Crippen LogP contribution is 2.22. The summed E-state index contributed by atoms with van der Waals surface area (Å²) in [5.41, 5.74) is 0.912. The molecule has 2 N–H and O–H groups in total. The highest BCUT2D eigenvalue weighted by atomic mass is 19.4. The number of nitrogens with one attached hydrogen (secondary N) is 2. The maximum Gasteiger partial charge on any atom is 0.401 e. The van der Waals surface area contributed by atoms with Gasteiger partial charge in [-0.3, -0.25) is 9.89 Å². The van der Waals surface area contributed by atoms with Gasteiger partial charge in [-0.05, 0) is 36.2 Å². The first-order valence-corrected chi connectivity index (χ1v) is 9.88. The second kappa shape index (κ2) is 10.3. The van der Waals surface area contributed by atoms with Gasteiger partial charge in [0.15, 0.2) is 5.96 Å². The van der Waals surface area contributed by atoms with Gasteiger partial charge in [-0.1, -0.05) is 6.07 Å². The number of rotatable bonds is 7. The van der Waals surface area contributed by atoms with Gasteiger partial charge in [-0.15, -0.1) is 0 Å². The van der Waals surface area contributed by atoms with Gasteiger partial charge in [0.05, 0.1) is 13.7 Å². The Morgan fingerprint density at radius 3 is 2.55 bits per heavy atom. The van der Waals surface area contributed by atoms with Crippen molar-refractivity contribution in [2.24, 2.45) is 4.99 Å². The van der Waals surface area contributed by atoms with E-state index in [0.717, 1.165) is 11.3 Å². The number of pyridine rings is 1. The maximum absolute atomic E-state index is 12.5. The van der Waals surface area contributed by atoms with Crippen molar-refractivity contribution in [3.05, 3.63) is 48.2 Å². The highest BCUT2D eigenvalue weighted by Gasteiger charge is 2.34. The third-order valence-electron chi connectivity index (χ3n) is 4.78. The van der Waals surface area contributed by atoms with E-state index in [4.69, 9.17) is 9.47 Å². The molecule has 0 aliphatic carbocycles. The van der Waals surface area contributed by atoms with Crippen LogP contribution in [-0.2, 0) is 6.54 Å². The average molecular weight is 437 g/mol. The Kier molecular flexibility index (Phi) is 7.56. The molecule has 0 saturated carbocycles. The molecule has 7 nitrogen and oxygen atoms in total. The third kappa shape index (κ3) is 7.32. The van der Waals surface area contributed by atoms with E-state index >= 15 is 0 Å². The van der Waals surface area contributed by atoms with Crippen LogP contribution in [0.25, 0.3) is 0 Å². The predicted octanol–water partition coefficient (Wildman–Crippen LogP) is 3.18. The lowest BCUT2D eigenvalue weighted by Gasteiger charge is -2.19. The van der Waals surface area contributed by atoms with Gasteiger partial charge in [0.1, 0.15) is 11.5 Å². The Balaban J connectivity index is 1.45. The van der Waals surface area contributed by atoms with Gasteiger partial charge in [0, 0.05) is 45.0 Å². The third-order valence-corrected chi connectivity index (χ3v) is 4.78. The standard InChI is InChI=1S/C21H26F3N5O2/c1-25-20(28-16-9-10-29(13-16)14-21(22,23)24)27-12-15-3-8-19(26-11-15)31-18-6-4-17(30-2)5-7-18/h3-8,11,16H,9-10,12-14H2,1-2H3,(H2,25,27,28). The topological polar surface area (TPSA) is 71.0 Å². The molecule has 1 aliphatic rings. The van der Waals surface area contributed by atoms with E-state index < -0.39 is 12.7 Å². The zero-order valence-corrected chi connectivity index (χ0v) is 17.4. The van der Waals surface area contributed by atoms with E-state index in [1.165, 1.54) is 4.90 Å². The van der Waals surface area contributed by atoms with E-state index in [1.807, 2.05) is 6.07 Å². The van der Waals surface area contributed by atoms with Gasteiger partial charge >= 0.3 is 6.18 Å². The van der Waals surface area contributed by atoms with E-state index in [-0.39, 0.29) is 6.04 Å². The van der Waals surface area contributed by atoms with Crippen molar-refractivity contribution in [2.75, 3.05) is 33.8 Å². The number of alkyl halides is 3. The average Bonchev–Trinajstić information content (AvgIpc) is 3.17. The molecule has 1 aromatic carbocycles. The Bertz CT molecular complexity index is 857. The summed E-state index contributed by atoms with van der Waals surface area (Å²) in [7, 11) is 3.23. The number of hydrogen-bond acceptors (Lipinski definition) is 5. The number of ether oxygens (including phenoxy) is 2. The fourth-order valence-corrected chi connectivity index (χ4v) is 3.26. The van der Waals surface area contributed by atoms with Crippen LogP contribution in [0.5, 0.6) is 17.4 Å². The molecule has 2 heterocycles. The SMILES string of the molecule is CN=C(NCc1ccc(Oc2ccc(OC)cc2)nc1)NC1CCN(CC(F)(F)F)C1. The fourth-order valence-electron chi connectivity index (χ4n) is 3.26. The minimum absolute atomic E-state index is 0.0769. The van der Waals surface area contributed by atoms with Gasteiger partial charge in [0.2, 0.25) is 5.88 Å². The van der Waals surface area contributed by atoms with E-state index in [9.17, 15) is 13.2 Å². The van der Waals surface area contributed by atoms with Crippen LogP contribution in [0.3, 0.4) is 0 Å².